The van der Waals surface area contributed by atoms with E-state index >= 15 is 0 Å². The number of aliphatic hydroxyl groups is 1. The molecule has 0 fully saturated rings. The fourth-order valence-corrected chi connectivity index (χ4v) is 2.09. The topological polar surface area (TPSA) is 64.6 Å². The summed E-state index contributed by atoms with van der Waals surface area (Å²) in [7, 11) is 1.98. The Balaban J connectivity index is 2.55. The fourth-order valence-electron chi connectivity index (χ4n) is 2.09. The second-order valence-corrected chi connectivity index (χ2v) is 5.65. The lowest BCUT2D eigenvalue weighted by Crippen LogP contribution is -2.36. The van der Waals surface area contributed by atoms with Crippen molar-refractivity contribution < 1.29 is 9.90 Å². The molecule has 0 saturated carbocycles. The van der Waals surface area contributed by atoms with Gasteiger partial charge in [0.15, 0.2) is 0 Å². The molecule has 21 heavy (non-hydrogen) atoms. The van der Waals surface area contributed by atoms with Crippen LogP contribution in [0.5, 0.6) is 0 Å². The van der Waals surface area contributed by atoms with Crippen LogP contribution in [0.2, 0.25) is 0 Å². The lowest BCUT2D eigenvalue weighted by atomic mass is 10.1. The van der Waals surface area contributed by atoms with Gasteiger partial charge in [-0.2, -0.15) is 0 Å². The lowest BCUT2D eigenvalue weighted by Gasteiger charge is -2.21. The number of urea groups is 1. The summed E-state index contributed by atoms with van der Waals surface area (Å²) in [4.78, 5) is 14.0. The molecule has 1 aromatic carbocycles. The Morgan fingerprint density at radius 1 is 1.33 bits per heavy atom. The zero-order valence-electron chi connectivity index (χ0n) is 13.4. The van der Waals surface area contributed by atoms with Crippen molar-refractivity contribution in [3.05, 3.63) is 24.3 Å². The molecule has 5 nitrogen and oxygen atoms in total. The van der Waals surface area contributed by atoms with Gasteiger partial charge in [-0.15, -0.1) is 0 Å². The van der Waals surface area contributed by atoms with E-state index in [1.807, 2.05) is 45.2 Å². The molecule has 0 radical (unpaired) electrons. The second kappa shape index (κ2) is 8.52. The molecular weight excluding hydrogens is 266 g/mol. The van der Waals surface area contributed by atoms with Crippen LogP contribution >= 0.6 is 0 Å². The maximum atomic E-state index is 11.9. The molecular formula is C16H27N3O2. The van der Waals surface area contributed by atoms with Crippen LogP contribution in [0, 0.1) is 5.92 Å². The van der Waals surface area contributed by atoms with Crippen LogP contribution in [0.3, 0.4) is 0 Å². The van der Waals surface area contributed by atoms with Crippen LogP contribution in [-0.4, -0.2) is 37.4 Å². The molecule has 0 aliphatic rings. The number of carbonyl (C=O) groups is 1. The van der Waals surface area contributed by atoms with Gasteiger partial charge in [0, 0.05) is 20.1 Å². The predicted octanol–water partition coefficient (Wildman–Crippen LogP) is 2.67. The van der Waals surface area contributed by atoms with Crippen LogP contribution < -0.4 is 15.5 Å². The molecule has 0 spiro atoms. The maximum absolute atomic E-state index is 11.9. The van der Waals surface area contributed by atoms with E-state index in [2.05, 4.69) is 22.5 Å². The summed E-state index contributed by atoms with van der Waals surface area (Å²) in [5.74, 6) is 0.406. The summed E-state index contributed by atoms with van der Waals surface area (Å²) >= 11 is 0. The van der Waals surface area contributed by atoms with Gasteiger partial charge in [-0.25, -0.2) is 4.79 Å². The minimum atomic E-state index is -0.510. The minimum Gasteiger partial charge on any atom is -0.391 e. The largest absolute Gasteiger partial charge is 0.391 e. The highest BCUT2D eigenvalue weighted by Gasteiger charge is 2.11. The first-order chi connectivity index (χ1) is 9.93. The second-order valence-electron chi connectivity index (χ2n) is 5.65. The van der Waals surface area contributed by atoms with Crippen molar-refractivity contribution in [2.24, 2.45) is 5.92 Å². The van der Waals surface area contributed by atoms with E-state index in [-0.39, 0.29) is 12.6 Å². The molecule has 1 unspecified atom stereocenters. The summed E-state index contributed by atoms with van der Waals surface area (Å²) in [5.41, 5.74) is 1.73. The number of rotatable bonds is 7. The average molecular weight is 293 g/mol. The highest BCUT2D eigenvalue weighted by molar-refractivity contribution is 5.93. The van der Waals surface area contributed by atoms with Crippen molar-refractivity contribution in [2.75, 3.05) is 30.4 Å². The van der Waals surface area contributed by atoms with Crippen LogP contribution in [0.15, 0.2) is 24.3 Å². The Hall–Kier alpha value is -1.75. The van der Waals surface area contributed by atoms with Crippen LogP contribution in [0.4, 0.5) is 16.2 Å². The number of carbonyl (C=O) groups excluding carboxylic acids is 1. The average Bonchev–Trinajstić information content (AvgIpc) is 2.44. The third kappa shape index (κ3) is 6.04. The van der Waals surface area contributed by atoms with E-state index < -0.39 is 6.10 Å². The molecule has 2 amide bonds. The quantitative estimate of drug-likeness (QED) is 0.724. The first-order valence-corrected chi connectivity index (χ1v) is 7.47. The molecule has 0 aliphatic heterocycles. The number of hydrogen-bond acceptors (Lipinski definition) is 3. The maximum Gasteiger partial charge on any atom is 0.319 e. The van der Waals surface area contributed by atoms with Gasteiger partial charge in [0.05, 0.1) is 17.5 Å². The third-order valence-electron chi connectivity index (χ3n) is 3.28. The van der Waals surface area contributed by atoms with E-state index in [9.17, 15) is 9.90 Å². The normalized spacial score (nSPS) is 12.1. The Morgan fingerprint density at radius 3 is 2.62 bits per heavy atom. The van der Waals surface area contributed by atoms with Crippen molar-refractivity contribution in [1.29, 1.82) is 0 Å². The predicted molar refractivity (Wildman–Crippen MR) is 87.9 cm³/mol. The monoisotopic (exact) mass is 293 g/mol. The Bertz CT molecular complexity index is 449. The first-order valence-electron chi connectivity index (χ1n) is 7.47. The van der Waals surface area contributed by atoms with Gasteiger partial charge in [-0.3, -0.25) is 0 Å². The summed E-state index contributed by atoms with van der Waals surface area (Å²) < 4.78 is 0. The number of benzene rings is 1. The van der Waals surface area contributed by atoms with Crippen molar-refractivity contribution >= 4 is 17.4 Å². The molecule has 0 aliphatic carbocycles. The standard InChI is InChI=1S/C16H27N3O2/c1-5-19(4)15-9-7-6-8-14(15)18-16(21)17-11-13(20)10-12(2)3/h6-9,12-13,20H,5,10-11H2,1-4H3,(H2,17,18,21). The van der Waals surface area contributed by atoms with Crippen molar-refractivity contribution in [2.45, 2.75) is 33.3 Å². The molecule has 0 heterocycles. The number of aliphatic hydroxyl groups excluding tert-OH is 1. The smallest absolute Gasteiger partial charge is 0.319 e. The van der Waals surface area contributed by atoms with Crippen LogP contribution in [0.1, 0.15) is 27.2 Å². The van der Waals surface area contributed by atoms with E-state index in [1.54, 1.807) is 0 Å². The first kappa shape index (κ1) is 17.3. The number of para-hydroxylation sites is 2. The zero-order chi connectivity index (χ0) is 15.8. The molecule has 3 N–H and O–H groups in total. The number of nitrogens with one attached hydrogen (secondary N) is 2. The summed E-state index contributed by atoms with van der Waals surface area (Å²) in [6.07, 6.45) is 0.166. The molecule has 1 rings (SSSR count). The number of nitrogens with zero attached hydrogens (tertiary/aromatic N) is 1. The van der Waals surface area contributed by atoms with Crippen LogP contribution in [0.25, 0.3) is 0 Å². The third-order valence-corrected chi connectivity index (χ3v) is 3.28. The van der Waals surface area contributed by atoms with Crippen molar-refractivity contribution in [3.63, 3.8) is 0 Å². The van der Waals surface area contributed by atoms with Gasteiger partial charge in [-0.05, 0) is 31.4 Å². The zero-order valence-corrected chi connectivity index (χ0v) is 13.4. The van der Waals surface area contributed by atoms with Crippen molar-refractivity contribution in [3.8, 4) is 0 Å². The molecule has 0 bridgehead atoms. The van der Waals surface area contributed by atoms with Gasteiger partial charge < -0.3 is 20.6 Å². The SMILES string of the molecule is CCN(C)c1ccccc1NC(=O)NCC(O)CC(C)C. The highest BCUT2D eigenvalue weighted by atomic mass is 16.3. The van der Waals surface area contributed by atoms with Gasteiger partial charge in [0.25, 0.3) is 0 Å². The van der Waals surface area contributed by atoms with Gasteiger partial charge in [0.2, 0.25) is 0 Å². The summed E-state index contributed by atoms with van der Waals surface area (Å²) in [5, 5.41) is 15.3. The molecule has 5 heteroatoms. The van der Waals surface area contributed by atoms with Crippen LogP contribution in [-0.2, 0) is 0 Å². The Morgan fingerprint density at radius 2 is 2.00 bits per heavy atom. The minimum absolute atomic E-state index is 0.260. The number of hydrogen-bond donors (Lipinski definition) is 3. The van der Waals surface area contributed by atoms with E-state index in [0.717, 1.165) is 17.9 Å². The number of anilines is 2. The van der Waals surface area contributed by atoms with Gasteiger partial charge >= 0.3 is 6.03 Å². The Kier molecular flexibility index (Phi) is 7.02. The van der Waals surface area contributed by atoms with E-state index in [0.29, 0.717) is 12.3 Å². The summed E-state index contributed by atoms with van der Waals surface area (Å²) in [6, 6.07) is 7.36. The molecule has 0 aromatic heterocycles. The molecule has 118 valence electrons. The molecule has 1 aromatic rings. The highest BCUT2D eigenvalue weighted by Crippen LogP contribution is 2.24. The summed E-state index contributed by atoms with van der Waals surface area (Å²) in [6.45, 7) is 7.25. The van der Waals surface area contributed by atoms with Gasteiger partial charge in [-0.1, -0.05) is 26.0 Å². The molecule has 0 saturated heterocycles. The van der Waals surface area contributed by atoms with E-state index in [4.69, 9.17) is 0 Å². The van der Waals surface area contributed by atoms with E-state index in [1.165, 1.54) is 0 Å². The van der Waals surface area contributed by atoms with Crippen molar-refractivity contribution in [1.82, 2.24) is 5.32 Å². The molecule has 1 atom stereocenters. The Labute approximate surface area is 127 Å². The van der Waals surface area contributed by atoms with Gasteiger partial charge in [0.1, 0.15) is 0 Å². The fraction of sp³-hybridized carbons (Fsp3) is 0.562. The lowest BCUT2D eigenvalue weighted by molar-refractivity contribution is 0.148. The number of amides is 2.